The Morgan fingerprint density at radius 3 is 2.90 bits per heavy atom. The minimum atomic E-state index is -0.111. The second-order valence-electron chi connectivity index (χ2n) is 5.81. The van der Waals surface area contributed by atoms with Crippen LogP contribution in [0.15, 0.2) is 0 Å². The van der Waals surface area contributed by atoms with Crippen molar-refractivity contribution in [3.05, 3.63) is 0 Å². The number of fused-ring (bicyclic) bond motifs is 1. The van der Waals surface area contributed by atoms with Crippen molar-refractivity contribution < 1.29 is 9.53 Å². The maximum Gasteiger partial charge on any atom is 0.230 e. The zero-order chi connectivity index (χ0) is 13.7. The lowest BCUT2D eigenvalue weighted by Crippen LogP contribution is -2.50. The van der Waals surface area contributed by atoms with E-state index in [-0.39, 0.29) is 17.8 Å². The Labute approximate surface area is 129 Å². The molecule has 0 aromatic rings. The van der Waals surface area contributed by atoms with Gasteiger partial charge in [0.1, 0.15) is 0 Å². The van der Waals surface area contributed by atoms with Crippen molar-refractivity contribution in [2.75, 3.05) is 39.4 Å². The van der Waals surface area contributed by atoms with Crippen LogP contribution in [0.5, 0.6) is 0 Å². The van der Waals surface area contributed by atoms with E-state index >= 15 is 0 Å². The largest absolute Gasteiger partial charge is 0.380 e. The SMILES string of the molecule is CCOCCN(CC)C(=O)[C@@]12CCCC[C@H]1CNC2.Cl. The Bertz CT molecular complexity index is 314. The van der Waals surface area contributed by atoms with Crippen LogP contribution in [0.2, 0.25) is 0 Å². The fourth-order valence-corrected chi connectivity index (χ4v) is 3.71. The van der Waals surface area contributed by atoms with Gasteiger partial charge in [-0.3, -0.25) is 4.79 Å². The zero-order valence-corrected chi connectivity index (χ0v) is 13.6. The minimum Gasteiger partial charge on any atom is -0.380 e. The van der Waals surface area contributed by atoms with Crippen LogP contribution in [0.1, 0.15) is 39.5 Å². The summed E-state index contributed by atoms with van der Waals surface area (Å²) in [6.07, 6.45) is 4.76. The van der Waals surface area contributed by atoms with Crippen LogP contribution in [-0.2, 0) is 9.53 Å². The first kappa shape index (κ1) is 17.7. The van der Waals surface area contributed by atoms with Gasteiger partial charge in [-0.2, -0.15) is 0 Å². The minimum absolute atomic E-state index is 0. The third-order valence-corrected chi connectivity index (χ3v) is 4.84. The van der Waals surface area contributed by atoms with Crippen molar-refractivity contribution in [2.24, 2.45) is 11.3 Å². The normalized spacial score (nSPS) is 28.6. The molecule has 0 radical (unpaired) electrons. The molecule has 0 aromatic heterocycles. The summed E-state index contributed by atoms with van der Waals surface area (Å²) >= 11 is 0. The average Bonchev–Trinajstić information content (AvgIpc) is 2.88. The van der Waals surface area contributed by atoms with E-state index in [1.54, 1.807) is 0 Å². The van der Waals surface area contributed by atoms with Crippen molar-refractivity contribution in [3.63, 3.8) is 0 Å². The van der Waals surface area contributed by atoms with Gasteiger partial charge in [-0.05, 0) is 39.2 Å². The van der Waals surface area contributed by atoms with E-state index in [4.69, 9.17) is 4.74 Å². The Morgan fingerprint density at radius 1 is 1.40 bits per heavy atom. The highest BCUT2D eigenvalue weighted by Crippen LogP contribution is 2.45. The van der Waals surface area contributed by atoms with E-state index in [9.17, 15) is 4.79 Å². The van der Waals surface area contributed by atoms with Crippen LogP contribution >= 0.6 is 12.4 Å². The monoisotopic (exact) mass is 304 g/mol. The summed E-state index contributed by atoms with van der Waals surface area (Å²) in [5.74, 6) is 0.916. The number of ether oxygens (including phenoxy) is 1. The third kappa shape index (κ3) is 3.46. The quantitative estimate of drug-likeness (QED) is 0.764. The van der Waals surface area contributed by atoms with Gasteiger partial charge >= 0.3 is 0 Å². The van der Waals surface area contributed by atoms with Crippen LogP contribution < -0.4 is 5.32 Å². The van der Waals surface area contributed by atoms with Gasteiger partial charge in [0.2, 0.25) is 5.91 Å². The first-order valence-corrected chi connectivity index (χ1v) is 7.82. The second kappa shape index (κ2) is 8.20. The molecule has 1 N–H and O–H groups in total. The fraction of sp³-hybridized carbons (Fsp3) is 0.933. The number of halogens is 1. The predicted octanol–water partition coefficient (Wildman–Crippen LogP) is 2.07. The molecule has 5 heteroatoms. The highest BCUT2D eigenvalue weighted by Gasteiger charge is 2.51. The van der Waals surface area contributed by atoms with Crippen molar-refractivity contribution in [3.8, 4) is 0 Å². The summed E-state index contributed by atoms with van der Waals surface area (Å²) in [7, 11) is 0. The van der Waals surface area contributed by atoms with Crippen LogP contribution in [0, 0.1) is 11.3 Å². The summed E-state index contributed by atoms with van der Waals surface area (Å²) in [4.78, 5) is 15.0. The molecule has 2 atom stereocenters. The first-order valence-electron chi connectivity index (χ1n) is 7.82. The molecule has 4 nitrogen and oxygen atoms in total. The average molecular weight is 305 g/mol. The van der Waals surface area contributed by atoms with E-state index < -0.39 is 0 Å². The molecule has 1 aliphatic carbocycles. The van der Waals surface area contributed by atoms with Gasteiger partial charge in [0, 0.05) is 26.2 Å². The topological polar surface area (TPSA) is 41.6 Å². The molecule has 2 aliphatic rings. The Balaban J connectivity index is 0.00000200. The maximum absolute atomic E-state index is 13.0. The fourth-order valence-electron chi connectivity index (χ4n) is 3.71. The molecule has 0 spiro atoms. The van der Waals surface area contributed by atoms with Gasteiger partial charge in [0.05, 0.1) is 12.0 Å². The maximum atomic E-state index is 13.0. The molecule has 1 saturated carbocycles. The second-order valence-corrected chi connectivity index (χ2v) is 5.81. The van der Waals surface area contributed by atoms with Crippen LogP contribution in [-0.4, -0.2) is 50.2 Å². The Hall–Kier alpha value is -0.320. The van der Waals surface area contributed by atoms with Gasteiger partial charge in [0.25, 0.3) is 0 Å². The van der Waals surface area contributed by atoms with E-state index in [0.717, 1.165) is 39.2 Å². The van der Waals surface area contributed by atoms with Crippen LogP contribution in [0.4, 0.5) is 0 Å². The molecular weight excluding hydrogens is 276 g/mol. The highest BCUT2D eigenvalue weighted by molar-refractivity contribution is 5.85. The summed E-state index contributed by atoms with van der Waals surface area (Å²) in [5, 5.41) is 3.45. The van der Waals surface area contributed by atoms with E-state index in [1.165, 1.54) is 19.3 Å². The molecule has 0 aromatic carbocycles. The highest BCUT2D eigenvalue weighted by atomic mass is 35.5. The van der Waals surface area contributed by atoms with E-state index in [0.29, 0.717) is 18.4 Å². The van der Waals surface area contributed by atoms with Crippen molar-refractivity contribution in [1.29, 1.82) is 0 Å². The lowest BCUT2D eigenvalue weighted by atomic mass is 9.67. The number of hydrogen-bond donors (Lipinski definition) is 1. The number of hydrogen-bond acceptors (Lipinski definition) is 3. The molecule has 1 heterocycles. The molecular formula is C15H29ClN2O2. The van der Waals surface area contributed by atoms with Crippen LogP contribution in [0.25, 0.3) is 0 Å². The molecule has 2 fully saturated rings. The summed E-state index contributed by atoms with van der Waals surface area (Å²) in [6, 6.07) is 0. The number of nitrogens with zero attached hydrogens (tertiary/aromatic N) is 1. The predicted molar refractivity (Wildman–Crippen MR) is 83.3 cm³/mol. The van der Waals surface area contributed by atoms with E-state index in [2.05, 4.69) is 12.2 Å². The molecule has 1 amide bonds. The molecule has 2 rings (SSSR count). The number of amides is 1. The summed E-state index contributed by atoms with van der Waals surface area (Å²) in [6.45, 7) is 8.87. The lowest BCUT2D eigenvalue weighted by Gasteiger charge is -2.40. The standard InChI is InChI=1S/C15H28N2O2.ClH/c1-3-17(9-10-19-4-2)14(18)15-8-6-5-7-13(15)11-16-12-15;/h13,16H,3-12H2,1-2H3;1H/t13-,15+;/m0./s1. The Kier molecular flexibility index (Phi) is 7.27. The number of nitrogens with one attached hydrogen (secondary N) is 1. The summed E-state index contributed by atoms with van der Waals surface area (Å²) in [5.41, 5.74) is -0.111. The lowest BCUT2D eigenvalue weighted by molar-refractivity contribution is -0.146. The van der Waals surface area contributed by atoms with Crippen molar-refractivity contribution >= 4 is 18.3 Å². The van der Waals surface area contributed by atoms with Crippen molar-refractivity contribution in [2.45, 2.75) is 39.5 Å². The molecule has 0 unspecified atom stereocenters. The number of carbonyl (C=O) groups excluding carboxylic acids is 1. The van der Waals surface area contributed by atoms with Gasteiger partial charge in [-0.25, -0.2) is 0 Å². The van der Waals surface area contributed by atoms with Gasteiger partial charge < -0.3 is 15.0 Å². The summed E-state index contributed by atoms with van der Waals surface area (Å²) < 4.78 is 5.40. The molecule has 1 aliphatic heterocycles. The zero-order valence-electron chi connectivity index (χ0n) is 12.8. The van der Waals surface area contributed by atoms with Gasteiger partial charge in [-0.15, -0.1) is 12.4 Å². The van der Waals surface area contributed by atoms with Crippen molar-refractivity contribution in [1.82, 2.24) is 10.2 Å². The van der Waals surface area contributed by atoms with Gasteiger partial charge in [0.15, 0.2) is 0 Å². The molecule has 118 valence electrons. The molecule has 20 heavy (non-hydrogen) atoms. The molecule has 1 saturated heterocycles. The number of likely N-dealkylation sites (N-methyl/N-ethyl adjacent to an activating group) is 1. The molecule has 0 bridgehead atoms. The van der Waals surface area contributed by atoms with E-state index in [1.807, 2.05) is 11.8 Å². The first-order chi connectivity index (χ1) is 9.24. The Morgan fingerprint density at radius 2 is 2.20 bits per heavy atom. The smallest absolute Gasteiger partial charge is 0.230 e. The third-order valence-electron chi connectivity index (χ3n) is 4.84. The van der Waals surface area contributed by atoms with Gasteiger partial charge in [-0.1, -0.05) is 12.8 Å². The number of rotatable bonds is 6. The number of carbonyl (C=O) groups is 1. The van der Waals surface area contributed by atoms with Crippen LogP contribution in [0.3, 0.4) is 0 Å².